The second-order valence-electron chi connectivity index (χ2n) is 10.1. The summed E-state index contributed by atoms with van der Waals surface area (Å²) in [5.74, 6) is 2.06. The number of carbonyl (C=O) groups excluding carboxylic acids is 1. The molecule has 0 bridgehead atoms. The molecular weight excluding hydrogens is 553 g/mol. The van der Waals surface area contributed by atoms with Gasteiger partial charge in [0.15, 0.2) is 10.9 Å². The summed E-state index contributed by atoms with van der Waals surface area (Å²) in [4.78, 5) is 18.9. The maximum atomic E-state index is 11.8. The summed E-state index contributed by atoms with van der Waals surface area (Å²) in [7, 11) is 0. The molecule has 2 aliphatic rings. The van der Waals surface area contributed by atoms with Gasteiger partial charge in [-0.3, -0.25) is 4.79 Å². The lowest BCUT2D eigenvalue weighted by atomic mass is 10.0. The van der Waals surface area contributed by atoms with E-state index in [0.29, 0.717) is 39.4 Å². The van der Waals surface area contributed by atoms with Gasteiger partial charge in [-0.15, -0.1) is 0 Å². The first-order chi connectivity index (χ1) is 18.9. The SMILES string of the molecule is CC(=O)c1ccc2nc(N3Cc4ccc(OCc5c(-c6c(Cl)cccc6Cl)noc5C5CC5)cc4C3)sc2c1. The Morgan fingerprint density at radius 3 is 2.64 bits per heavy atom. The van der Waals surface area contributed by atoms with E-state index < -0.39 is 0 Å². The minimum absolute atomic E-state index is 0.0606. The van der Waals surface area contributed by atoms with Crippen LogP contribution in [0.3, 0.4) is 0 Å². The molecule has 0 saturated heterocycles. The topological polar surface area (TPSA) is 68.5 Å². The Morgan fingerprint density at radius 1 is 1.08 bits per heavy atom. The Labute approximate surface area is 239 Å². The summed E-state index contributed by atoms with van der Waals surface area (Å²) in [6.45, 7) is 3.42. The van der Waals surface area contributed by atoms with Crippen molar-refractivity contribution in [1.82, 2.24) is 10.1 Å². The van der Waals surface area contributed by atoms with Crippen LogP contribution in [0, 0.1) is 0 Å². The van der Waals surface area contributed by atoms with Crippen LogP contribution in [0.5, 0.6) is 5.75 Å². The summed E-state index contributed by atoms with van der Waals surface area (Å²) in [5, 5.41) is 6.37. The van der Waals surface area contributed by atoms with Crippen molar-refractivity contribution in [2.24, 2.45) is 0 Å². The average Bonchev–Trinajstić information content (AvgIpc) is 3.34. The number of halogens is 2. The van der Waals surface area contributed by atoms with Gasteiger partial charge in [0.25, 0.3) is 0 Å². The van der Waals surface area contributed by atoms with Crippen LogP contribution in [-0.2, 0) is 19.7 Å². The van der Waals surface area contributed by atoms with Crippen molar-refractivity contribution in [3.05, 3.63) is 92.7 Å². The van der Waals surface area contributed by atoms with Gasteiger partial charge in [-0.1, -0.05) is 51.8 Å². The molecule has 1 aliphatic heterocycles. The van der Waals surface area contributed by atoms with Gasteiger partial charge < -0.3 is 14.2 Å². The third-order valence-electron chi connectivity index (χ3n) is 7.30. The van der Waals surface area contributed by atoms with Crippen molar-refractivity contribution in [2.75, 3.05) is 4.90 Å². The fraction of sp³-hybridized carbons (Fsp3) is 0.233. The van der Waals surface area contributed by atoms with E-state index in [1.807, 2.05) is 30.3 Å². The number of aromatic nitrogens is 2. The van der Waals surface area contributed by atoms with Gasteiger partial charge in [0.2, 0.25) is 0 Å². The molecule has 0 atom stereocenters. The molecule has 196 valence electrons. The Bertz CT molecular complexity index is 1740. The maximum Gasteiger partial charge on any atom is 0.187 e. The first kappa shape index (κ1) is 24.6. The molecule has 1 fully saturated rings. The van der Waals surface area contributed by atoms with E-state index in [-0.39, 0.29) is 5.78 Å². The van der Waals surface area contributed by atoms with Gasteiger partial charge >= 0.3 is 0 Å². The highest BCUT2D eigenvalue weighted by atomic mass is 35.5. The van der Waals surface area contributed by atoms with E-state index in [0.717, 1.165) is 58.4 Å². The quantitative estimate of drug-likeness (QED) is 0.181. The van der Waals surface area contributed by atoms with Gasteiger partial charge in [-0.2, -0.15) is 0 Å². The number of nitrogens with zero attached hydrogens (tertiary/aromatic N) is 3. The number of ether oxygens (including phenoxy) is 1. The maximum absolute atomic E-state index is 11.8. The fourth-order valence-corrected chi connectivity index (χ4v) is 6.65. The molecule has 0 spiro atoms. The molecule has 0 unspecified atom stereocenters. The largest absolute Gasteiger partial charge is 0.489 e. The molecule has 2 aromatic heterocycles. The molecule has 39 heavy (non-hydrogen) atoms. The summed E-state index contributed by atoms with van der Waals surface area (Å²) in [6, 6.07) is 17.3. The Morgan fingerprint density at radius 2 is 1.87 bits per heavy atom. The minimum atomic E-state index is 0.0606. The Balaban J connectivity index is 1.12. The molecule has 0 amide bonds. The van der Waals surface area contributed by atoms with Gasteiger partial charge in [0.1, 0.15) is 23.8 Å². The van der Waals surface area contributed by atoms with E-state index in [1.165, 1.54) is 11.1 Å². The van der Waals surface area contributed by atoms with E-state index in [1.54, 1.807) is 30.4 Å². The number of benzene rings is 3. The smallest absolute Gasteiger partial charge is 0.187 e. The van der Waals surface area contributed by atoms with Crippen molar-refractivity contribution < 1.29 is 14.1 Å². The Hall–Kier alpha value is -3.39. The van der Waals surface area contributed by atoms with E-state index >= 15 is 0 Å². The van der Waals surface area contributed by atoms with Crippen LogP contribution in [-0.4, -0.2) is 15.9 Å². The summed E-state index contributed by atoms with van der Waals surface area (Å²) >= 11 is 14.6. The van der Waals surface area contributed by atoms with Crippen molar-refractivity contribution in [1.29, 1.82) is 0 Å². The predicted molar refractivity (Wildman–Crippen MR) is 154 cm³/mol. The van der Waals surface area contributed by atoms with Crippen LogP contribution < -0.4 is 9.64 Å². The first-order valence-corrected chi connectivity index (χ1v) is 14.4. The highest BCUT2D eigenvalue weighted by Gasteiger charge is 2.34. The number of Topliss-reactive ketones (excluding diaryl/α,β-unsaturated/α-hetero) is 1. The second kappa shape index (κ2) is 9.66. The summed E-state index contributed by atoms with van der Waals surface area (Å²) in [5.41, 5.74) is 6.29. The van der Waals surface area contributed by atoms with E-state index in [2.05, 4.69) is 22.2 Å². The van der Waals surface area contributed by atoms with Crippen LogP contribution >= 0.6 is 34.5 Å². The highest BCUT2D eigenvalue weighted by Crippen LogP contribution is 2.46. The molecule has 6 nitrogen and oxygen atoms in total. The lowest BCUT2D eigenvalue weighted by Gasteiger charge is -2.12. The van der Waals surface area contributed by atoms with E-state index in [9.17, 15) is 4.79 Å². The third kappa shape index (κ3) is 4.58. The number of anilines is 1. The number of hydrogen-bond acceptors (Lipinski definition) is 7. The Kier molecular flexibility index (Phi) is 6.10. The van der Waals surface area contributed by atoms with E-state index in [4.69, 9.17) is 37.4 Å². The number of fused-ring (bicyclic) bond motifs is 2. The standard InChI is InChI=1S/C30H23Cl2N3O3S/c1-16(36)18-8-10-25-26(12-18)39-30(33-25)35-13-19-7-9-21(11-20(19)14-35)37-15-22-28(34-38-29(22)17-5-6-17)27-23(31)3-2-4-24(27)32/h2-4,7-12,17H,5-6,13-15H2,1H3. The molecule has 1 saturated carbocycles. The zero-order valence-corrected chi connectivity index (χ0v) is 23.4. The molecule has 3 aromatic carbocycles. The van der Waals surface area contributed by atoms with Gasteiger partial charge in [-0.25, -0.2) is 4.98 Å². The van der Waals surface area contributed by atoms with Gasteiger partial charge in [0.05, 0.1) is 25.8 Å². The van der Waals surface area contributed by atoms with Crippen LogP contribution in [0.1, 0.15) is 58.5 Å². The third-order valence-corrected chi connectivity index (χ3v) is 9.01. The number of thiazole rings is 1. The highest BCUT2D eigenvalue weighted by molar-refractivity contribution is 7.22. The average molecular weight is 577 g/mol. The van der Waals surface area contributed by atoms with Crippen LogP contribution in [0.4, 0.5) is 5.13 Å². The summed E-state index contributed by atoms with van der Waals surface area (Å²) in [6.07, 6.45) is 2.16. The first-order valence-electron chi connectivity index (χ1n) is 12.8. The second-order valence-corrected chi connectivity index (χ2v) is 11.9. The fourth-order valence-electron chi connectivity index (χ4n) is 5.07. The molecule has 5 aromatic rings. The van der Waals surface area contributed by atoms with Crippen molar-refractivity contribution in [3.8, 4) is 17.0 Å². The van der Waals surface area contributed by atoms with Crippen molar-refractivity contribution in [3.63, 3.8) is 0 Å². The minimum Gasteiger partial charge on any atom is -0.489 e. The monoisotopic (exact) mass is 575 g/mol. The molecule has 7 rings (SSSR count). The number of hydrogen-bond donors (Lipinski definition) is 0. The van der Waals surface area contributed by atoms with Crippen LogP contribution in [0.2, 0.25) is 10.0 Å². The molecule has 3 heterocycles. The zero-order valence-electron chi connectivity index (χ0n) is 21.0. The number of rotatable bonds is 7. The molecule has 0 N–H and O–H groups in total. The molecule has 0 radical (unpaired) electrons. The summed E-state index contributed by atoms with van der Waals surface area (Å²) < 4.78 is 13.1. The van der Waals surface area contributed by atoms with Gasteiger partial charge in [0, 0.05) is 30.1 Å². The number of carbonyl (C=O) groups is 1. The molecular formula is C30H23Cl2N3O3S. The van der Waals surface area contributed by atoms with Gasteiger partial charge in [-0.05, 0) is 73.4 Å². The number of ketones is 1. The molecule has 1 aliphatic carbocycles. The lowest BCUT2D eigenvalue weighted by molar-refractivity contribution is 0.101. The molecule has 9 heteroatoms. The van der Waals surface area contributed by atoms with Crippen molar-refractivity contribution >= 4 is 55.7 Å². The van der Waals surface area contributed by atoms with Crippen LogP contribution in [0.15, 0.2) is 59.1 Å². The zero-order chi connectivity index (χ0) is 26.7. The van der Waals surface area contributed by atoms with Crippen LogP contribution in [0.25, 0.3) is 21.5 Å². The lowest BCUT2D eigenvalue weighted by Crippen LogP contribution is -2.13. The normalized spacial score (nSPS) is 14.7. The predicted octanol–water partition coefficient (Wildman–Crippen LogP) is 8.44. The van der Waals surface area contributed by atoms with Crippen molar-refractivity contribution in [2.45, 2.75) is 45.4 Å².